The number of Topliss-reactive ketones (excluding diaryl/α,β-unsaturated/α-hetero) is 1. The molecule has 146 valence electrons. The molecule has 1 fully saturated rings. The number of rotatable bonds is 3. The summed E-state index contributed by atoms with van der Waals surface area (Å²) in [6, 6.07) is 22.4. The van der Waals surface area contributed by atoms with Crippen LogP contribution in [-0.2, 0) is 0 Å². The predicted octanol–water partition coefficient (Wildman–Crippen LogP) is 4.92. The monoisotopic (exact) mass is 386 g/mol. The number of hydrogen-bond acceptors (Lipinski definition) is 3. The SMILES string of the molecule is CC(=O)c1ccc(N2CCN(C3c4ccccc4-c4ccccc43)CC2)c(F)c1. The number of ketones is 1. The van der Waals surface area contributed by atoms with E-state index in [-0.39, 0.29) is 17.6 Å². The lowest BCUT2D eigenvalue weighted by molar-refractivity contribution is 0.101. The lowest BCUT2D eigenvalue weighted by Crippen LogP contribution is -2.47. The highest BCUT2D eigenvalue weighted by atomic mass is 19.1. The molecular weight excluding hydrogens is 363 g/mol. The molecule has 3 aromatic rings. The summed E-state index contributed by atoms with van der Waals surface area (Å²) >= 11 is 0. The lowest BCUT2D eigenvalue weighted by Gasteiger charge is -2.39. The zero-order valence-electron chi connectivity index (χ0n) is 16.4. The quantitative estimate of drug-likeness (QED) is 0.597. The van der Waals surface area contributed by atoms with Crippen molar-refractivity contribution in [1.82, 2.24) is 4.90 Å². The topological polar surface area (TPSA) is 23.6 Å². The van der Waals surface area contributed by atoms with Gasteiger partial charge in [0.05, 0.1) is 11.7 Å². The van der Waals surface area contributed by atoms with Crippen molar-refractivity contribution in [3.63, 3.8) is 0 Å². The van der Waals surface area contributed by atoms with Crippen LogP contribution >= 0.6 is 0 Å². The molecule has 0 amide bonds. The van der Waals surface area contributed by atoms with Crippen molar-refractivity contribution in [1.29, 1.82) is 0 Å². The van der Waals surface area contributed by atoms with Crippen LogP contribution in [0.25, 0.3) is 11.1 Å². The maximum absolute atomic E-state index is 14.6. The summed E-state index contributed by atoms with van der Waals surface area (Å²) in [5, 5.41) is 0. The Bertz CT molecular complexity index is 1040. The second-order valence-corrected chi connectivity index (χ2v) is 7.82. The Hall–Kier alpha value is -2.98. The number of benzene rings is 3. The first-order valence-corrected chi connectivity index (χ1v) is 10.1. The number of carbonyl (C=O) groups excluding carboxylic acids is 1. The minimum absolute atomic E-state index is 0.112. The van der Waals surface area contributed by atoms with E-state index < -0.39 is 0 Å². The molecule has 0 unspecified atom stereocenters. The molecule has 1 aliphatic heterocycles. The number of nitrogens with zero attached hydrogens (tertiary/aromatic N) is 2. The van der Waals surface area contributed by atoms with Gasteiger partial charge in [-0.2, -0.15) is 0 Å². The van der Waals surface area contributed by atoms with Gasteiger partial charge in [-0.1, -0.05) is 48.5 Å². The third-order valence-corrected chi connectivity index (χ3v) is 6.18. The van der Waals surface area contributed by atoms with Crippen molar-refractivity contribution >= 4 is 11.5 Å². The third kappa shape index (κ3) is 3.04. The number of fused-ring (bicyclic) bond motifs is 3. The maximum atomic E-state index is 14.6. The fourth-order valence-electron chi connectivity index (χ4n) is 4.73. The summed E-state index contributed by atoms with van der Waals surface area (Å²) < 4.78 is 14.6. The molecule has 1 heterocycles. The van der Waals surface area contributed by atoms with Crippen molar-refractivity contribution in [3.05, 3.63) is 89.2 Å². The van der Waals surface area contributed by atoms with Crippen LogP contribution < -0.4 is 4.90 Å². The van der Waals surface area contributed by atoms with Gasteiger partial charge in [0.15, 0.2) is 5.78 Å². The van der Waals surface area contributed by atoms with Crippen LogP contribution in [-0.4, -0.2) is 36.9 Å². The summed E-state index contributed by atoms with van der Waals surface area (Å²) in [5.41, 5.74) is 6.37. The number of piperazine rings is 1. The van der Waals surface area contributed by atoms with Crippen molar-refractivity contribution in [2.24, 2.45) is 0 Å². The van der Waals surface area contributed by atoms with E-state index in [0.29, 0.717) is 11.3 Å². The fourth-order valence-corrected chi connectivity index (χ4v) is 4.73. The van der Waals surface area contributed by atoms with Crippen LogP contribution in [0.5, 0.6) is 0 Å². The molecule has 0 bridgehead atoms. The molecule has 1 aliphatic carbocycles. The zero-order chi connectivity index (χ0) is 20.0. The van der Waals surface area contributed by atoms with Crippen LogP contribution in [0.4, 0.5) is 10.1 Å². The van der Waals surface area contributed by atoms with Gasteiger partial charge in [0.2, 0.25) is 0 Å². The molecule has 0 spiro atoms. The van der Waals surface area contributed by atoms with E-state index in [1.807, 2.05) is 0 Å². The van der Waals surface area contributed by atoms with Crippen molar-refractivity contribution in [3.8, 4) is 11.1 Å². The van der Waals surface area contributed by atoms with Gasteiger partial charge in [-0.15, -0.1) is 0 Å². The predicted molar refractivity (Wildman–Crippen MR) is 114 cm³/mol. The van der Waals surface area contributed by atoms with E-state index in [9.17, 15) is 9.18 Å². The second kappa shape index (κ2) is 7.12. The lowest BCUT2D eigenvalue weighted by atomic mass is 10.0. The molecule has 2 aliphatic rings. The standard InChI is InChI=1S/C25H23FN2O/c1-17(29)18-10-11-24(23(26)16-18)27-12-14-28(15-13-27)25-21-8-4-2-6-19(21)20-7-3-5-9-22(20)25/h2-11,16,25H,12-15H2,1H3. The molecule has 0 saturated carbocycles. The van der Waals surface area contributed by atoms with Crippen molar-refractivity contribution in [2.45, 2.75) is 13.0 Å². The highest BCUT2D eigenvalue weighted by Crippen LogP contribution is 2.46. The first-order chi connectivity index (χ1) is 14.1. The Morgan fingerprint density at radius 2 is 1.45 bits per heavy atom. The minimum Gasteiger partial charge on any atom is -0.367 e. The molecule has 1 saturated heterocycles. The number of halogens is 1. The van der Waals surface area contributed by atoms with Crippen LogP contribution in [0.2, 0.25) is 0 Å². The maximum Gasteiger partial charge on any atom is 0.159 e. The Kier molecular flexibility index (Phi) is 4.44. The molecule has 0 atom stereocenters. The van der Waals surface area contributed by atoms with Crippen LogP contribution in [0.15, 0.2) is 66.7 Å². The smallest absolute Gasteiger partial charge is 0.159 e. The number of carbonyl (C=O) groups is 1. The van der Waals surface area contributed by atoms with Gasteiger partial charge in [-0.05, 0) is 47.4 Å². The summed E-state index contributed by atoms with van der Waals surface area (Å²) in [6.45, 7) is 4.71. The van der Waals surface area contributed by atoms with E-state index in [4.69, 9.17) is 0 Å². The van der Waals surface area contributed by atoms with Crippen LogP contribution in [0, 0.1) is 5.82 Å². The fraction of sp³-hybridized carbons (Fsp3) is 0.240. The molecule has 29 heavy (non-hydrogen) atoms. The van der Waals surface area contributed by atoms with Gasteiger partial charge in [-0.25, -0.2) is 4.39 Å². The molecule has 5 rings (SSSR count). The molecule has 0 N–H and O–H groups in total. The molecule has 3 aromatic carbocycles. The molecule has 4 heteroatoms. The Morgan fingerprint density at radius 3 is 2.00 bits per heavy atom. The Balaban J connectivity index is 1.38. The molecule has 0 radical (unpaired) electrons. The molecular formula is C25H23FN2O. The van der Waals surface area contributed by atoms with Gasteiger partial charge in [0.1, 0.15) is 5.82 Å². The third-order valence-electron chi connectivity index (χ3n) is 6.18. The van der Waals surface area contributed by atoms with Crippen molar-refractivity contribution < 1.29 is 9.18 Å². The summed E-state index contributed by atoms with van der Waals surface area (Å²) in [7, 11) is 0. The number of anilines is 1. The average molecular weight is 386 g/mol. The van der Waals surface area contributed by atoms with Gasteiger partial charge >= 0.3 is 0 Å². The first-order valence-electron chi connectivity index (χ1n) is 10.1. The van der Waals surface area contributed by atoms with Crippen LogP contribution in [0.1, 0.15) is 34.5 Å². The highest BCUT2D eigenvalue weighted by molar-refractivity contribution is 5.94. The van der Waals surface area contributed by atoms with E-state index in [1.54, 1.807) is 12.1 Å². The van der Waals surface area contributed by atoms with Crippen LogP contribution in [0.3, 0.4) is 0 Å². The second-order valence-electron chi connectivity index (χ2n) is 7.82. The van der Waals surface area contributed by atoms with Gasteiger partial charge in [-0.3, -0.25) is 9.69 Å². The van der Waals surface area contributed by atoms with Gasteiger partial charge in [0, 0.05) is 31.7 Å². The largest absolute Gasteiger partial charge is 0.367 e. The number of hydrogen-bond donors (Lipinski definition) is 0. The van der Waals surface area contributed by atoms with Gasteiger partial charge in [0.25, 0.3) is 0 Å². The van der Waals surface area contributed by atoms with Crippen molar-refractivity contribution in [2.75, 3.05) is 31.1 Å². The first kappa shape index (κ1) is 18.1. The summed E-state index contributed by atoms with van der Waals surface area (Å²) in [5.74, 6) is -0.429. The average Bonchev–Trinajstić information content (AvgIpc) is 3.08. The zero-order valence-corrected chi connectivity index (χ0v) is 16.4. The van der Waals surface area contributed by atoms with E-state index in [0.717, 1.165) is 26.2 Å². The molecule has 3 nitrogen and oxygen atoms in total. The van der Waals surface area contributed by atoms with E-state index >= 15 is 0 Å². The Labute approximate surface area is 170 Å². The highest BCUT2D eigenvalue weighted by Gasteiger charge is 2.34. The minimum atomic E-state index is -0.317. The summed E-state index contributed by atoms with van der Waals surface area (Å²) in [6.07, 6.45) is 0. The van der Waals surface area contributed by atoms with E-state index in [1.165, 1.54) is 35.2 Å². The normalized spacial score (nSPS) is 16.6. The Morgan fingerprint density at radius 1 is 0.862 bits per heavy atom. The summed E-state index contributed by atoms with van der Waals surface area (Å²) in [4.78, 5) is 16.1. The van der Waals surface area contributed by atoms with E-state index in [2.05, 4.69) is 58.3 Å². The van der Waals surface area contributed by atoms with Gasteiger partial charge < -0.3 is 4.90 Å². The molecule has 0 aromatic heterocycles.